The number of fused-ring (bicyclic) bond motifs is 3. The van der Waals surface area contributed by atoms with E-state index in [0.717, 1.165) is 47.8 Å². The first-order valence-electron chi connectivity index (χ1n) is 10.5. The molecule has 0 N–H and O–H groups in total. The Kier molecular flexibility index (Phi) is 5.76. The third-order valence-electron chi connectivity index (χ3n) is 5.89. The summed E-state index contributed by atoms with van der Waals surface area (Å²) < 4.78 is 17.9. The Morgan fingerprint density at radius 1 is 1.10 bits per heavy atom. The Morgan fingerprint density at radius 2 is 1.90 bits per heavy atom. The lowest BCUT2D eigenvalue weighted by Crippen LogP contribution is -2.50. The van der Waals surface area contributed by atoms with Gasteiger partial charge in [-0.05, 0) is 42.8 Å². The van der Waals surface area contributed by atoms with Crippen molar-refractivity contribution in [3.8, 4) is 16.7 Å². The van der Waals surface area contributed by atoms with Crippen molar-refractivity contribution in [1.82, 2.24) is 14.8 Å². The Morgan fingerprint density at radius 3 is 2.65 bits per heavy atom. The molecule has 0 saturated carbocycles. The van der Waals surface area contributed by atoms with Crippen molar-refractivity contribution < 1.29 is 19.0 Å². The van der Waals surface area contributed by atoms with Crippen LogP contribution < -0.4 is 9.47 Å². The minimum atomic E-state index is 0.0963. The molecule has 3 heterocycles. The first-order valence-corrected chi connectivity index (χ1v) is 11.3. The lowest BCUT2D eigenvalue weighted by molar-refractivity contribution is -0.137. The molecule has 1 amide bonds. The van der Waals surface area contributed by atoms with Crippen LogP contribution in [0.3, 0.4) is 0 Å². The fraction of sp³-hybridized carbons (Fsp3) is 0.391. The molecule has 2 fully saturated rings. The van der Waals surface area contributed by atoms with E-state index in [1.165, 1.54) is 11.3 Å². The first-order chi connectivity index (χ1) is 15.2. The van der Waals surface area contributed by atoms with Gasteiger partial charge >= 0.3 is 0 Å². The molecule has 0 aliphatic carbocycles. The third kappa shape index (κ3) is 4.37. The largest absolute Gasteiger partial charge is 0.492 e. The number of likely N-dealkylation sites (tertiary alicyclic amines) is 2. The third-order valence-corrected chi connectivity index (χ3v) is 6.81. The Hall–Kier alpha value is -2.68. The number of aromatic nitrogens is 1. The van der Waals surface area contributed by atoms with E-state index >= 15 is 0 Å². The second kappa shape index (κ2) is 8.82. The number of hydrogen-bond acceptors (Lipinski definition) is 7. The average Bonchev–Trinajstić information content (AvgIpc) is 3.48. The van der Waals surface area contributed by atoms with Crippen molar-refractivity contribution in [2.45, 2.75) is 18.5 Å². The summed E-state index contributed by atoms with van der Waals surface area (Å²) in [4.78, 5) is 21.0. The van der Waals surface area contributed by atoms with Crippen molar-refractivity contribution in [3.05, 3.63) is 48.5 Å². The minimum absolute atomic E-state index is 0.0963. The highest BCUT2D eigenvalue weighted by atomic mass is 32.1. The molecule has 162 valence electrons. The van der Waals surface area contributed by atoms with Crippen LogP contribution in [0.25, 0.3) is 10.2 Å². The maximum Gasteiger partial charge on any atom is 0.279 e. The summed E-state index contributed by atoms with van der Waals surface area (Å²) in [6.45, 7) is 3.36. The molecule has 31 heavy (non-hydrogen) atoms. The van der Waals surface area contributed by atoms with E-state index in [1.54, 1.807) is 7.11 Å². The van der Waals surface area contributed by atoms with Gasteiger partial charge in [-0.1, -0.05) is 23.5 Å². The van der Waals surface area contributed by atoms with Crippen LogP contribution in [-0.2, 0) is 9.53 Å². The van der Waals surface area contributed by atoms with E-state index in [4.69, 9.17) is 14.2 Å². The van der Waals surface area contributed by atoms with Gasteiger partial charge in [-0.3, -0.25) is 9.69 Å². The number of rotatable bonds is 8. The van der Waals surface area contributed by atoms with E-state index in [2.05, 4.69) is 9.88 Å². The molecule has 3 aromatic rings. The van der Waals surface area contributed by atoms with Gasteiger partial charge in [0.1, 0.15) is 24.7 Å². The number of benzene rings is 2. The Bertz CT molecular complexity index is 1020. The summed E-state index contributed by atoms with van der Waals surface area (Å²) in [6.07, 6.45) is 1.05. The monoisotopic (exact) mass is 439 g/mol. The SMILES string of the molecule is COCC(=O)N1C[C@H]2C[C@H]1CN2CCOc1ccc(Oc2nc3ccccc3s2)cc1. The summed E-state index contributed by atoms with van der Waals surface area (Å²) in [5.41, 5.74) is 0.948. The lowest BCUT2D eigenvalue weighted by Gasteiger charge is -2.34. The van der Waals surface area contributed by atoms with Crippen LogP contribution >= 0.6 is 11.3 Å². The first kappa shape index (κ1) is 20.2. The summed E-state index contributed by atoms with van der Waals surface area (Å²) in [6, 6.07) is 16.4. The zero-order valence-electron chi connectivity index (χ0n) is 17.4. The van der Waals surface area contributed by atoms with Crippen LogP contribution in [0, 0.1) is 0 Å². The quantitative estimate of drug-likeness (QED) is 0.536. The smallest absolute Gasteiger partial charge is 0.279 e. The van der Waals surface area contributed by atoms with Gasteiger partial charge in [-0.2, -0.15) is 0 Å². The number of ether oxygens (including phenoxy) is 3. The van der Waals surface area contributed by atoms with E-state index in [1.807, 2.05) is 53.4 Å². The number of thiazole rings is 1. The fourth-order valence-electron chi connectivity index (χ4n) is 4.42. The van der Waals surface area contributed by atoms with Gasteiger partial charge < -0.3 is 19.1 Å². The molecule has 2 aliphatic heterocycles. The minimum Gasteiger partial charge on any atom is -0.492 e. The van der Waals surface area contributed by atoms with E-state index in [9.17, 15) is 4.79 Å². The standard InChI is InChI=1S/C23H25N3O4S/c1-28-15-22(27)26-14-16-12-17(26)13-25(16)10-11-29-18-6-8-19(9-7-18)30-23-24-20-4-2-3-5-21(20)31-23/h2-9,16-17H,10-15H2,1H3/t16-,17+/m1/s1. The molecule has 8 heteroatoms. The Balaban J connectivity index is 1.09. The molecular weight excluding hydrogens is 414 g/mol. The number of hydrogen-bond donors (Lipinski definition) is 0. The fourth-order valence-corrected chi connectivity index (χ4v) is 5.25. The van der Waals surface area contributed by atoms with Gasteiger partial charge in [-0.15, -0.1) is 0 Å². The molecule has 0 spiro atoms. The van der Waals surface area contributed by atoms with Crippen molar-refractivity contribution in [3.63, 3.8) is 0 Å². The van der Waals surface area contributed by atoms with Crippen molar-refractivity contribution in [1.29, 1.82) is 0 Å². The van der Waals surface area contributed by atoms with E-state index in [-0.39, 0.29) is 12.5 Å². The molecule has 2 aliphatic rings. The summed E-state index contributed by atoms with van der Waals surface area (Å²) in [5, 5.41) is 0.636. The molecule has 2 saturated heterocycles. The van der Waals surface area contributed by atoms with Crippen LogP contribution in [0.15, 0.2) is 48.5 Å². The number of methoxy groups -OCH3 is 1. The Labute approximate surface area is 185 Å². The second-order valence-corrected chi connectivity index (χ2v) is 8.88. The summed E-state index contributed by atoms with van der Waals surface area (Å²) >= 11 is 1.53. The molecule has 7 nitrogen and oxygen atoms in total. The van der Waals surface area contributed by atoms with Crippen LogP contribution in [0.5, 0.6) is 16.7 Å². The number of carbonyl (C=O) groups excluding carboxylic acids is 1. The van der Waals surface area contributed by atoms with Gasteiger partial charge in [0.25, 0.3) is 5.19 Å². The number of amides is 1. The zero-order chi connectivity index (χ0) is 21.2. The average molecular weight is 440 g/mol. The topological polar surface area (TPSA) is 64.1 Å². The molecule has 1 aromatic heterocycles. The highest BCUT2D eigenvalue weighted by molar-refractivity contribution is 7.20. The van der Waals surface area contributed by atoms with E-state index in [0.29, 0.717) is 23.9 Å². The van der Waals surface area contributed by atoms with Crippen molar-refractivity contribution in [2.24, 2.45) is 0 Å². The predicted molar refractivity (Wildman–Crippen MR) is 119 cm³/mol. The van der Waals surface area contributed by atoms with E-state index < -0.39 is 0 Å². The van der Waals surface area contributed by atoms with Gasteiger partial charge in [0, 0.05) is 38.8 Å². The molecule has 5 rings (SSSR count). The van der Waals surface area contributed by atoms with Gasteiger partial charge in [0.2, 0.25) is 5.91 Å². The maximum atomic E-state index is 12.1. The number of nitrogens with zero attached hydrogens (tertiary/aromatic N) is 3. The molecule has 0 unspecified atom stereocenters. The summed E-state index contributed by atoms with van der Waals surface area (Å²) in [7, 11) is 1.56. The molecule has 2 bridgehead atoms. The maximum absolute atomic E-state index is 12.1. The highest BCUT2D eigenvalue weighted by Crippen LogP contribution is 2.32. The highest BCUT2D eigenvalue weighted by Gasteiger charge is 2.44. The van der Waals surface area contributed by atoms with Crippen molar-refractivity contribution >= 4 is 27.5 Å². The van der Waals surface area contributed by atoms with Gasteiger partial charge in [-0.25, -0.2) is 4.98 Å². The molecular formula is C23H25N3O4S. The molecule has 0 radical (unpaired) electrons. The number of piperazine rings is 1. The second-order valence-electron chi connectivity index (χ2n) is 7.89. The summed E-state index contributed by atoms with van der Waals surface area (Å²) in [5.74, 6) is 1.65. The van der Waals surface area contributed by atoms with Crippen molar-refractivity contribution in [2.75, 3.05) is 40.0 Å². The van der Waals surface area contributed by atoms with Gasteiger partial charge in [0.15, 0.2) is 0 Å². The van der Waals surface area contributed by atoms with Crippen LogP contribution in [0.4, 0.5) is 0 Å². The van der Waals surface area contributed by atoms with Crippen LogP contribution in [0.2, 0.25) is 0 Å². The predicted octanol–water partition coefficient (Wildman–Crippen LogP) is 3.40. The zero-order valence-corrected chi connectivity index (χ0v) is 18.2. The lowest BCUT2D eigenvalue weighted by atomic mass is 10.2. The normalized spacial score (nSPS) is 20.5. The van der Waals surface area contributed by atoms with Crippen LogP contribution in [-0.4, -0.2) is 72.7 Å². The molecule has 2 atom stereocenters. The van der Waals surface area contributed by atoms with Gasteiger partial charge in [0.05, 0.1) is 10.2 Å². The number of para-hydroxylation sites is 1. The number of carbonyl (C=O) groups is 1. The molecule has 2 aromatic carbocycles. The van der Waals surface area contributed by atoms with Crippen LogP contribution in [0.1, 0.15) is 6.42 Å².